The first kappa shape index (κ1) is 14.6. The number of nitrogens with one attached hydrogen (secondary N) is 1. The minimum Gasteiger partial charge on any atom is -0.359 e. The predicted octanol–water partition coefficient (Wildman–Crippen LogP) is 2.44. The molecule has 0 radical (unpaired) electrons. The normalized spacial score (nSPS) is 29.9. The number of likely N-dealkylation sites (tertiary alicyclic amines) is 1. The van der Waals surface area contributed by atoms with Crippen molar-refractivity contribution >= 4 is 5.91 Å². The summed E-state index contributed by atoms with van der Waals surface area (Å²) < 4.78 is 0. The number of hydrogen-bond acceptors (Lipinski definition) is 2. The number of hydrogen-bond donors (Lipinski definition) is 1. The number of piperidine rings is 1. The first-order valence-electron chi connectivity index (χ1n) is 7.72. The van der Waals surface area contributed by atoms with Gasteiger partial charge in [0.05, 0.1) is 0 Å². The predicted molar refractivity (Wildman–Crippen MR) is 78.9 cm³/mol. The van der Waals surface area contributed by atoms with Crippen molar-refractivity contribution < 1.29 is 4.79 Å². The van der Waals surface area contributed by atoms with Gasteiger partial charge < -0.3 is 10.2 Å². The van der Waals surface area contributed by atoms with Crippen molar-refractivity contribution in [2.45, 2.75) is 39.5 Å². The van der Waals surface area contributed by atoms with Gasteiger partial charge >= 0.3 is 0 Å². The van der Waals surface area contributed by atoms with Crippen LogP contribution in [-0.2, 0) is 4.79 Å². The van der Waals surface area contributed by atoms with E-state index >= 15 is 0 Å². The Kier molecular flexibility index (Phi) is 5.03. The summed E-state index contributed by atoms with van der Waals surface area (Å²) in [5, 5.41) is 2.78. The largest absolute Gasteiger partial charge is 0.359 e. The summed E-state index contributed by atoms with van der Waals surface area (Å²) in [6.07, 6.45) is 7.04. The van der Waals surface area contributed by atoms with Crippen LogP contribution in [0.15, 0.2) is 11.6 Å². The Morgan fingerprint density at radius 3 is 2.63 bits per heavy atom. The average Bonchev–Trinajstić information content (AvgIpc) is 2.43. The van der Waals surface area contributed by atoms with Crippen molar-refractivity contribution in [3.8, 4) is 0 Å². The van der Waals surface area contributed by atoms with E-state index in [0.717, 1.165) is 37.8 Å². The maximum atomic E-state index is 11.6. The number of carbonyl (C=O) groups is 1. The van der Waals surface area contributed by atoms with Gasteiger partial charge in [0.2, 0.25) is 5.91 Å². The van der Waals surface area contributed by atoms with E-state index in [1.165, 1.54) is 19.4 Å². The summed E-state index contributed by atoms with van der Waals surface area (Å²) in [5.74, 6) is 2.00. The lowest BCUT2D eigenvalue weighted by Crippen LogP contribution is -2.42. The van der Waals surface area contributed by atoms with Gasteiger partial charge in [-0.25, -0.2) is 0 Å². The molecule has 1 amide bonds. The van der Waals surface area contributed by atoms with Crippen molar-refractivity contribution in [2.24, 2.45) is 17.8 Å². The van der Waals surface area contributed by atoms with Crippen LogP contribution in [0.4, 0.5) is 0 Å². The van der Waals surface area contributed by atoms with Crippen molar-refractivity contribution in [1.29, 1.82) is 0 Å². The summed E-state index contributed by atoms with van der Waals surface area (Å²) >= 11 is 0. The molecule has 1 aliphatic heterocycles. The SMILES string of the molecule is CNC(=O)C1CCN(C[C@H]2C(C)=CCC[C@@H]2C)CC1. The second-order valence-corrected chi connectivity index (χ2v) is 6.30. The van der Waals surface area contributed by atoms with Crippen LogP contribution in [0.1, 0.15) is 39.5 Å². The fourth-order valence-corrected chi connectivity index (χ4v) is 3.56. The van der Waals surface area contributed by atoms with Gasteiger partial charge in [-0.2, -0.15) is 0 Å². The Balaban J connectivity index is 1.84. The molecule has 0 unspecified atom stereocenters. The third kappa shape index (κ3) is 3.59. The summed E-state index contributed by atoms with van der Waals surface area (Å²) in [6.45, 7) is 8.02. The van der Waals surface area contributed by atoms with Gasteiger partial charge in [-0.15, -0.1) is 0 Å². The molecule has 0 spiro atoms. The highest BCUT2D eigenvalue weighted by Crippen LogP contribution is 2.31. The molecule has 0 bridgehead atoms. The molecule has 0 aromatic rings. The van der Waals surface area contributed by atoms with Crippen LogP contribution in [0.5, 0.6) is 0 Å². The maximum Gasteiger partial charge on any atom is 0.222 e. The minimum atomic E-state index is 0.224. The smallest absolute Gasteiger partial charge is 0.222 e. The standard InChI is InChI=1S/C16H28N2O/c1-12-5-4-6-13(2)15(12)11-18-9-7-14(8-10-18)16(19)17-3/h5,13-15H,4,6-11H2,1-3H3,(H,17,19)/t13-,15-/m0/s1. The molecular weight excluding hydrogens is 236 g/mol. The van der Waals surface area contributed by atoms with Gasteiger partial charge in [-0.05, 0) is 57.5 Å². The van der Waals surface area contributed by atoms with Crippen LogP contribution in [0.25, 0.3) is 0 Å². The second-order valence-electron chi connectivity index (χ2n) is 6.30. The third-order valence-electron chi connectivity index (χ3n) is 5.02. The van der Waals surface area contributed by atoms with Crippen LogP contribution in [0.3, 0.4) is 0 Å². The number of nitrogens with zero attached hydrogens (tertiary/aromatic N) is 1. The fraction of sp³-hybridized carbons (Fsp3) is 0.812. The molecular formula is C16H28N2O. The highest BCUT2D eigenvalue weighted by molar-refractivity contribution is 5.78. The van der Waals surface area contributed by atoms with E-state index < -0.39 is 0 Å². The van der Waals surface area contributed by atoms with E-state index in [0.29, 0.717) is 0 Å². The van der Waals surface area contributed by atoms with Crippen LogP contribution in [0.2, 0.25) is 0 Å². The fourth-order valence-electron chi connectivity index (χ4n) is 3.56. The van der Waals surface area contributed by atoms with E-state index in [1.807, 2.05) is 0 Å². The molecule has 3 nitrogen and oxygen atoms in total. The van der Waals surface area contributed by atoms with E-state index in [4.69, 9.17) is 0 Å². The first-order chi connectivity index (χ1) is 9.11. The van der Waals surface area contributed by atoms with E-state index in [2.05, 4.69) is 30.1 Å². The molecule has 19 heavy (non-hydrogen) atoms. The van der Waals surface area contributed by atoms with Crippen molar-refractivity contribution in [3.63, 3.8) is 0 Å². The average molecular weight is 264 g/mol. The third-order valence-corrected chi connectivity index (χ3v) is 5.02. The topological polar surface area (TPSA) is 32.3 Å². The van der Waals surface area contributed by atoms with Crippen LogP contribution in [0, 0.1) is 17.8 Å². The summed E-state index contributed by atoms with van der Waals surface area (Å²) in [7, 11) is 1.74. The van der Waals surface area contributed by atoms with Crippen LogP contribution in [-0.4, -0.2) is 37.5 Å². The Labute approximate surface area is 117 Å². The molecule has 1 aliphatic carbocycles. The molecule has 3 heteroatoms. The number of amides is 1. The quantitative estimate of drug-likeness (QED) is 0.794. The highest BCUT2D eigenvalue weighted by Gasteiger charge is 2.28. The van der Waals surface area contributed by atoms with E-state index in [-0.39, 0.29) is 11.8 Å². The zero-order valence-electron chi connectivity index (χ0n) is 12.6. The molecule has 0 saturated carbocycles. The van der Waals surface area contributed by atoms with Crippen molar-refractivity contribution in [3.05, 3.63) is 11.6 Å². The van der Waals surface area contributed by atoms with Gasteiger partial charge in [0.1, 0.15) is 0 Å². The van der Waals surface area contributed by atoms with Gasteiger partial charge in [-0.3, -0.25) is 4.79 Å². The second kappa shape index (κ2) is 6.56. The lowest BCUT2D eigenvalue weighted by molar-refractivity contribution is -0.125. The van der Waals surface area contributed by atoms with E-state index in [1.54, 1.807) is 12.6 Å². The van der Waals surface area contributed by atoms with Crippen molar-refractivity contribution in [1.82, 2.24) is 10.2 Å². The zero-order valence-corrected chi connectivity index (χ0v) is 12.6. The summed E-state index contributed by atoms with van der Waals surface area (Å²) in [4.78, 5) is 14.2. The lowest BCUT2D eigenvalue weighted by Gasteiger charge is -2.37. The first-order valence-corrected chi connectivity index (χ1v) is 7.72. The molecule has 108 valence electrons. The molecule has 2 rings (SSSR count). The zero-order chi connectivity index (χ0) is 13.8. The summed E-state index contributed by atoms with van der Waals surface area (Å²) in [6, 6.07) is 0. The molecule has 0 aromatic heterocycles. The molecule has 1 heterocycles. The molecule has 1 N–H and O–H groups in total. The number of rotatable bonds is 3. The Morgan fingerprint density at radius 2 is 2.05 bits per heavy atom. The van der Waals surface area contributed by atoms with Crippen LogP contribution < -0.4 is 5.32 Å². The van der Waals surface area contributed by atoms with Crippen LogP contribution >= 0.6 is 0 Å². The molecule has 2 aliphatic rings. The Morgan fingerprint density at radius 1 is 1.37 bits per heavy atom. The molecule has 0 aromatic carbocycles. The Bertz CT molecular complexity index is 343. The van der Waals surface area contributed by atoms with Gasteiger partial charge in [0.25, 0.3) is 0 Å². The van der Waals surface area contributed by atoms with Gasteiger partial charge in [-0.1, -0.05) is 18.6 Å². The molecule has 2 atom stereocenters. The highest BCUT2D eigenvalue weighted by atomic mass is 16.1. The molecule has 1 saturated heterocycles. The summed E-state index contributed by atoms with van der Waals surface area (Å²) in [5.41, 5.74) is 1.58. The Hall–Kier alpha value is -0.830. The lowest BCUT2D eigenvalue weighted by atomic mass is 9.79. The van der Waals surface area contributed by atoms with E-state index in [9.17, 15) is 4.79 Å². The minimum absolute atomic E-state index is 0.224. The van der Waals surface area contributed by atoms with Crippen molar-refractivity contribution in [2.75, 3.05) is 26.7 Å². The van der Waals surface area contributed by atoms with Gasteiger partial charge in [0.15, 0.2) is 0 Å². The maximum absolute atomic E-state index is 11.6. The monoisotopic (exact) mass is 264 g/mol. The molecule has 1 fully saturated rings. The number of allylic oxidation sites excluding steroid dienone is 1. The number of carbonyl (C=O) groups excluding carboxylic acids is 1. The van der Waals surface area contributed by atoms with Gasteiger partial charge in [0, 0.05) is 19.5 Å².